The summed E-state index contributed by atoms with van der Waals surface area (Å²) in [6.07, 6.45) is 1.45. The third kappa shape index (κ3) is 3.00. The third-order valence-electron chi connectivity index (χ3n) is 2.11. The van der Waals surface area contributed by atoms with E-state index in [4.69, 9.17) is 9.26 Å². The fourth-order valence-corrected chi connectivity index (χ4v) is 1.40. The zero-order valence-corrected chi connectivity index (χ0v) is 9.84. The van der Waals surface area contributed by atoms with Crippen LogP contribution in [0.5, 0.6) is 5.75 Å². The van der Waals surface area contributed by atoms with Crippen LogP contribution in [0, 0.1) is 0 Å². The van der Waals surface area contributed by atoms with Gasteiger partial charge in [-0.1, -0.05) is 17.3 Å². The van der Waals surface area contributed by atoms with Gasteiger partial charge in [0.15, 0.2) is 0 Å². The van der Waals surface area contributed by atoms with Crippen molar-refractivity contribution in [3.8, 4) is 5.75 Å². The van der Waals surface area contributed by atoms with E-state index in [0.717, 1.165) is 0 Å². The normalized spacial score (nSPS) is 9.83. The van der Waals surface area contributed by atoms with Crippen LogP contribution in [-0.4, -0.2) is 17.8 Å². The summed E-state index contributed by atoms with van der Waals surface area (Å²) in [5.41, 5.74) is 0.594. The Labute approximate surface area is 104 Å². The Morgan fingerprint density at radius 1 is 1.33 bits per heavy atom. The lowest BCUT2D eigenvalue weighted by Crippen LogP contribution is -2.19. The first-order valence-electron chi connectivity index (χ1n) is 5.50. The van der Waals surface area contributed by atoms with E-state index >= 15 is 0 Å². The smallest absolute Gasteiger partial charge is 0.326 e. The van der Waals surface area contributed by atoms with E-state index in [0.29, 0.717) is 18.0 Å². The number of carbonyl (C=O) groups is 1. The highest BCUT2D eigenvalue weighted by molar-refractivity contribution is 5.99. The number of urea groups is 1. The lowest BCUT2D eigenvalue weighted by Gasteiger charge is -2.10. The van der Waals surface area contributed by atoms with Gasteiger partial charge in [0.25, 0.3) is 0 Å². The summed E-state index contributed by atoms with van der Waals surface area (Å²) >= 11 is 0. The maximum atomic E-state index is 11.7. The van der Waals surface area contributed by atoms with E-state index < -0.39 is 6.03 Å². The molecule has 0 aliphatic heterocycles. The summed E-state index contributed by atoms with van der Waals surface area (Å²) in [6, 6.07) is 8.32. The zero-order chi connectivity index (χ0) is 12.8. The van der Waals surface area contributed by atoms with E-state index in [1.807, 2.05) is 19.1 Å². The quantitative estimate of drug-likeness (QED) is 0.870. The van der Waals surface area contributed by atoms with Crippen molar-refractivity contribution in [1.82, 2.24) is 5.16 Å². The molecule has 0 saturated heterocycles. The molecule has 6 heteroatoms. The standard InChI is InChI=1S/C12H13N3O3/c1-2-17-10-6-4-3-5-9(10)14-12(16)15-11-7-8-13-18-11/h3-8H,2H2,1H3,(H2,14,15,16). The number of rotatable bonds is 4. The van der Waals surface area contributed by atoms with Gasteiger partial charge in [0.05, 0.1) is 18.5 Å². The lowest BCUT2D eigenvalue weighted by atomic mass is 10.3. The number of carbonyl (C=O) groups excluding carboxylic acids is 1. The predicted molar refractivity (Wildman–Crippen MR) is 66.8 cm³/mol. The van der Waals surface area contributed by atoms with E-state index in [1.54, 1.807) is 18.2 Å². The second kappa shape index (κ2) is 5.72. The van der Waals surface area contributed by atoms with Crippen LogP contribution in [0.3, 0.4) is 0 Å². The minimum absolute atomic E-state index is 0.279. The van der Waals surface area contributed by atoms with Crippen LogP contribution in [0.4, 0.5) is 16.4 Å². The largest absolute Gasteiger partial charge is 0.492 e. The molecule has 0 aliphatic rings. The molecule has 0 unspecified atom stereocenters. The molecular formula is C12H13N3O3. The summed E-state index contributed by atoms with van der Waals surface area (Å²) < 4.78 is 10.2. The Hall–Kier alpha value is -2.50. The van der Waals surface area contributed by atoms with Crippen molar-refractivity contribution in [2.24, 2.45) is 0 Å². The first kappa shape index (κ1) is 12.0. The average Bonchev–Trinajstić information content (AvgIpc) is 2.84. The van der Waals surface area contributed by atoms with Crippen LogP contribution in [0.2, 0.25) is 0 Å². The number of ether oxygens (including phenoxy) is 1. The molecule has 0 aliphatic carbocycles. The van der Waals surface area contributed by atoms with Crippen molar-refractivity contribution in [3.05, 3.63) is 36.5 Å². The number of benzene rings is 1. The van der Waals surface area contributed by atoms with Gasteiger partial charge < -0.3 is 14.6 Å². The second-order valence-electron chi connectivity index (χ2n) is 3.38. The van der Waals surface area contributed by atoms with Crippen molar-refractivity contribution in [2.75, 3.05) is 17.2 Å². The summed E-state index contributed by atoms with van der Waals surface area (Å²) in [5, 5.41) is 8.66. The number of nitrogens with zero attached hydrogens (tertiary/aromatic N) is 1. The molecule has 1 heterocycles. The summed E-state index contributed by atoms with van der Waals surface area (Å²) in [4.78, 5) is 11.7. The van der Waals surface area contributed by atoms with Crippen molar-refractivity contribution in [2.45, 2.75) is 6.92 Å². The maximum Gasteiger partial charge on any atom is 0.326 e. The fourth-order valence-electron chi connectivity index (χ4n) is 1.40. The molecule has 1 aromatic carbocycles. The molecule has 94 valence electrons. The van der Waals surface area contributed by atoms with Crippen molar-refractivity contribution in [1.29, 1.82) is 0 Å². The fraction of sp³-hybridized carbons (Fsp3) is 0.167. The van der Waals surface area contributed by atoms with Gasteiger partial charge in [-0.3, -0.25) is 5.32 Å². The van der Waals surface area contributed by atoms with Gasteiger partial charge in [0.1, 0.15) is 5.75 Å². The molecule has 0 spiro atoms. The number of anilines is 2. The molecule has 0 bridgehead atoms. The lowest BCUT2D eigenvalue weighted by molar-refractivity contribution is 0.261. The number of nitrogens with one attached hydrogen (secondary N) is 2. The highest BCUT2D eigenvalue weighted by Crippen LogP contribution is 2.23. The Balaban J connectivity index is 2.02. The van der Waals surface area contributed by atoms with Crippen LogP contribution in [0.1, 0.15) is 6.92 Å². The molecule has 6 nitrogen and oxygen atoms in total. The van der Waals surface area contributed by atoms with Crippen molar-refractivity contribution < 1.29 is 14.1 Å². The van der Waals surface area contributed by atoms with Gasteiger partial charge >= 0.3 is 6.03 Å². The molecule has 1 aromatic heterocycles. The van der Waals surface area contributed by atoms with Crippen molar-refractivity contribution in [3.63, 3.8) is 0 Å². The number of para-hydroxylation sites is 2. The molecule has 0 atom stereocenters. The third-order valence-corrected chi connectivity index (χ3v) is 2.11. The summed E-state index contributed by atoms with van der Waals surface area (Å²) in [5.74, 6) is 0.897. The predicted octanol–water partition coefficient (Wildman–Crippen LogP) is 2.72. The van der Waals surface area contributed by atoms with Crippen LogP contribution >= 0.6 is 0 Å². The molecule has 2 amide bonds. The maximum absolute atomic E-state index is 11.7. The van der Waals surface area contributed by atoms with E-state index in [2.05, 4.69) is 15.8 Å². The minimum atomic E-state index is -0.418. The molecule has 2 aromatic rings. The monoisotopic (exact) mass is 247 g/mol. The molecule has 0 saturated carbocycles. The van der Waals surface area contributed by atoms with Crippen LogP contribution in [0.15, 0.2) is 41.1 Å². The van der Waals surface area contributed by atoms with Gasteiger partial charge in [-0.2, -0.15) is 0 Å². The molecule has 2 N–H and O–H groups in total. The average molecular weight is 247 g/mol. The molecule has 18 heavy (non-hydrogen) atoms. The molecule has 0 radical (unpaired) electrons. The van der Waals surface area contributed by atoms with Gasteiger partial charge in [-0.05, 0) is 19.1 Å². The number of hydrogen-bond donors (Lipinski definition) is 2. The highest BCUT2D eigenvalue weighted by Gasteiger charge is 2.08. The molecule has 0 fully saturated rings. The highest BCUT2D eigenvalue weighted by atomic mass is 16.5. The second-order valence-corrected chi connectivity index (χ2v) is 3.38. The van der Waals surface area contributed by atoms with Gasteiger partial charge in [-0.15, -0.1) is 0 Å². The summed E-state index contributed by atoms with van der Waals surface area (Å²) in [6.45, 7) is 2.41. The minimum Gasteiger partial charge on any atom is -0.492 e. The number of amides is 2. The van der Waals surface area contributed by atoms with Gasteiger partial charge in [0, 0.05) is 6.07 Å². The first-order valence-corrected chi connectivity index (χ1v) is 5.50. The van der Waals surface area contributed by atoms with E-state index in [9.17, 15) is 4.79 Å². The Kier molecular flexibility index (Phi) is 3.80. The van der Waals surface area contributed by atoms with Crippen LogP contribution in [-0.2, 0) is 0 Å². The Morgan fingerprint density at radius 3 is 2.89 bits per heavy atom. The van der Waals surface area contributed by atoms with Crippen LogP contribution < -0.4 is 15.4 Å². The van der Waals surface area contributed by atoms with Crippen LogP contribution in [0.25, 0.3) is 0 Å². The van der Waals surface area contributed by atoms with Gasteiger partial charge in [0.2, 0.25) is 5.88 Å². The van der Waals surface area contributed by atoms with Crippen molar-refractivity contribution >= 4 is 17.6 Å². The Bertz CT molecular complexity index is 511. The Morgan fingerprint density at radius 2 is 2.17 bits per heavy atom. The molecular weight excluding hydrogens is 234 g/mol. The number of hydrogen-bond acceptors (Lipinski definition) is 4. The first-order chi connectivity index (χ1) is 8.79. The topological polar surface area (TPSA) is 76.4 Å². The van der Waals surface area contributed by atoms with Gasteiger partial charge in [-0.25, -0.2) is 4.79 Å². The molecule has 2 rings (SSSR count). The van der Waals surface area contributed by atoms with E-state index in [-0.39, 0.29) is 5.88 Å². The van der Waals surface area contributed by atoms with E-state index in [1.165, 1.54) is 6.20 Å². The SMILES string of the molecule is CCOc1ccccc1NC(=O)Nc1ccno1. The number of aromatic nitrogens is 1. The zero-order valence-electron chi connectivity index (χ0n) is 9.84. The summed E-state index contributed by atoms with van der Waals surface area (Å²) in [7, 11) is 0.